The van der Waals surface area contributed by atoms with Crippen LogP contribution >= 0.6 is 11.6 Å². The highest BCUT2D eigenvalue weighted by Gasteiger charge is 2.17. The summed E-state index contributed by atoms with van der Waals surface area (Å²) < 4.78 is 6.74. The summed E-state index contributed by atoms with van der Waals surface area (Å²) in [4.78, 5) is 16.8. The second kappa shape index (κ2) is 7.21. The molecule has 2 heterocycles. The largest absolute Gasteiger partial charge is 0.461 e. The number of halogens is 1. The highest BCUT2D eigenvalue weighted by molar-refractivity contribution is 6.30. The smallest absolute Gasteiger partial charge is 0.358 e. The molecule has 0 aliphatic heterocycles. The second-order valence-corrected chi connectivity index (χ2v) is 6.36. The van der Waals surface area contributed by atoms with Crippen molar-refractivity contribution in [2.45, 2.75) is 6.92 Å². The third kappa shape index (κ3) is 3.41. The van der Waals surface area contributed by atoms with E-state index in [0.29, 0.717) is 17.3 Å². The van der Waals surface area contributed by atoms with Crippen LogP contribution in [-0.2, 0) is 4.74 Å². The molecule has 6 heteroatoms. The molecule has 0 aliphatic rings. The molecule has 0 spiro atoms. The van der Waals surface area contributed by atoms with Gasteiger partial charge in [0.15, 0.2) is 11.3 Å². The van der Waals surface area contributed by atoms with Gasteiger partial charge in [0.05, 0.1) is 18.0 Å². The minimum Gasteiger partial charge on any atom is -0.461 e. The Bertz CT molecular complexity index is 1110. The van der Waals surface area contributed by atoms with Crippen LogP contribution in [0.2, 0.25) is 5.02 Å². The average molecular weight is 378 g/mol. The van der Waals surface area contributed by atoms with Gasteiger partial charge < -0.3 is 4.74 Å². The van der Waals surface area contributed by atoms with Gasteiger partial charge in [0.1, 0.15) is 0 Å². The van der Waals surface area contributed by atoms with Gasteiger partial charge in [0, 0.05) is 22.2 Å². The van der Waals surface area contributed by atoms with Gasteiger partial charge in [-0.1, -0.05) is 54.1 Å². The summed E-state index contributed by atoms with van der Waals surface area (Å²) in [7, 11) is 0. The molecule has 0 N–H and O–H groups in total. The first-order chi connectivity index (χ1) is 13.2. The van der Waals surface area contributed by atoms with Crippen molar-refractivity contribution in [3.8, 4) is 22.5 Å². The number of rotatable bonds is 4. The number of fused-ring (bicyclic) bond motifs is 1. The van der Waals surface area contributed by atoms with Crippen molar-refractivity contribution < 1.29 is 9.53 Å². The van der Waals surface area contributed by atoms with Crippen molar-refractivity contribution in [1.29, 1.82) is 0 Å². The van der Waals surface area contributed by atoms with E-state index in [2.05, 4.69) is 10.1 Å². The first kappa shape index (κ1) is 17.2. The van der Waals surface area contributed by atoms with E-state index in [4.69, 9.17) is 16.3 Å². The molecule has 2 aromatic heterocycles. The maximum absolute atomic E-state index is 12.1. The van der Waals surface area contributed by atoms with Crippen molar-refractivity contribution in [1.82, 2.24) is 14.6 Å². The Hall–Kier alpha value is -3.18. The number of benzene rings is 2. The van der Waals surface area contributed by atoms with Crippen molar-refractivity contribution >= 4 is 23.2 Å². The normalized spacial score (nSPS) is 10.9. The quantitative estimate of drug-likeness (QED) is 0.475. The Morgan fingerprint density at radius 1 is 1.04 bits per heavy atom. The highest BCUT2D eigenvalue weighted by Crippen LogP contribution is 2.27. The van der Waals surface area contributed by atoms with Gasteiger partial charge in [-0.3, -0.25) is 0 Å². The van der Waals surface area contributed by atoms with E-state index in [1.807, 2.05) is 60.7 Å². The molecule has 2 aromatic carbocycles. The van der Waals surface area contributed by atoms with E-state index in [0.717, 1.165) is 22.5 Å². The highest BCUT2D eigenvalue weighted by atomic mass is 35.5. The zero-order valence-electron chi connectivity index (χ0n) is 14.6. The third-order valence-electron chi connectivity index (χ3n) is 4.12. The summed E-state index contributed by atoms with van der Waals surface area (Å²) in [6.07, 6.45) is 0. The molecule has 0 radical (unpaired) electrons. The molecule has 0 atom stereocenters. The first-order valence-electron chi connectivity index (χ1n) is 8.55. The lowest BCUT2D eigenvalue weighted by Crippen LogP contribution is -2.06. The van der Waals surface area contributed by atoms with E-state index in [-0.39, 0.29) is 5.69 Å². The number of esters is 1. The molecule has 27 heavy (non-hydrogen) atoms. The van der Waals surface area contributed by atoms with Crippen LogP contribution in [0.15, 0.2) is 66.7 Å². The fraction of sp³-hybridized carbons (Fsp3) is 0.0952. The minimum atomic E-state index is -0.463. The first-order valence-corrected chi connectivity index (χ1v) is 8.93. The number of hydrogen-bond acceptors (Lipinski definition) is 4. The Morgan fingerprint density at radius 3 is 2.48 bits per heavy atom. The number of carbonyl (C=O) groups excluding carboxylic acids is 1. The molecular weight excluding hydrogens is 362 g/mol. The predicted molar refractivity (Wildman–Crippen MR) is 105 cm³/mol. The Morgan fingerprint density at radius 2 is 1.78 bits per heavy atom. The van der Waals surface area contributed by atoms with Crippen molar-refractivity contribution in [2.75, 3.05) is 6.61 Å². The van der Waals surface area contributed by atoms with Gasteiger partial charge in [-0.25, -0.2) is 14.3 Å². The maximum Gasteiger partial charge on any atom is 0.358 e. The van der Waals surface area contributed by atoms with E-state index in [9.17, 15) is 4.79 Å². The lowest BCUT2D eigenvalue weighted by Gasteiger charge is -2.08. The summed E-state index contributed by atoms with van der Waals surface area (Å²) in [5.41, 5.74) is 4.31. The topological polar surface area (TPSA) is 56.5 Å². The number of carbonyl (C=O) groups is 1. The summed E-state index contributed by atoms with van der Waals surface area (Å²) in [6, 6.07) is 20.9. The minimum absolute atomic E-state index is 0.231. The molecule has 4 aromatic rings. The molecule has 134 valence electrons. The molecule has 0 unspecified atom stereocenters. The van der Waals surface area contributed by atoms with Gasteiger partial charge in [-0.05, 0) is 25.1 Å². The zero-order valence-corrected chi connectivity index (χ0v) is 15.3. The number of aromatic nitrogens is 3. The van der Waals surface area contributed by atoms with Gasteiger partial charge >= 0.3 is 5.97 Å². The fourth-order valence-electron chi connectivity index (χ4n) is 2.86. The van der Waals surface area contributed by atoms with E-state index >= 15 is 0 Å². The van der Waals surface area contributed by atoms with Gasteiger partial charge in [0.25, 0.3) is 0 Å². The van der Waals surface area contributed by atoms with Gasteiger partial charge in [-0.15, -0.1) is 0 Å². The zero-order chi connectivity index (χ0) is 18.8. The van der Waals surface area contributed by atoms with Crippen LogP contribution in [0, 0.1) is 0 Å². The van der Waals surface area contributed by atoms with Crippen LogP contribution in [0.5, 0.6) is 0 Å². The lowest BCUT2D eigenvalue weighted by molar-refractivity contribution is 0.0519. The Balaban J connectivity index is 1.93. The molecule has 4 rings (SSSR count). The van der Waals surface area contributed by atoms with Crippen LogP contribution < -0.4 is 0 Å². The summed E-state index contributed by atoms with van der Waals surface area (Å²) in [6.45, 7) is 2.06. The second-order valence-electron chi connectivity index (χ2n) is 5.92. The van der Waals surface area contributed by atoms with E-state index < -0.39 is 5.97 Å². The fourth-order valence-corrected chi connectivity index (χ4v) is 2.99. The van der Waals surface area contributed by atoms with E-state index in [1.165, 1.54) is 0 Å². The van der Waals surface area contributed by atoms with Gasteiger partial charge in [-0.2, -0.15) is 5.10 Å². The van der Waals surface area contributed by atoms with Crippen LogP contribution in [0.3, 0.4) is 0 Å². The van der Waals surface area contributed by atoms with Crippen molar-refractivity contribution in [3.63, 3.8) is 0 Å². The summed E-state index contributed by atoms with van der Waals surface area (Å²) in [5, 5.41) is 5.08. The number of ether oxygens (including phenoxy) is 1. The van der Waals surface area contributed by atoms with Crippen molar-refractivity contribution in [2.24, 2.45) is 0 Å². The van der Waals surface area contributed by atoms with Crippen LogP contribution in [0.25, 0.3) is 28.2 Å². The number of nitrogens with zero attached hydrogens (tertiary/aromatic N) is 3. The monoisotopic (exact) mass is 377 g/mol. The summed E-state index contributed by atoms with van der Waals surface area (Å²) in [5.74, 6) is -0.463. The SMILES string of the molecule is CCOC(=O)c1cc2nc(-c3ccc(Cl)cc3)cc(-c3ccccc3)n2n1. The number of hydrogen-bond donors (Lipinski definition) is 0. The van der Waals surface area contributed by atoms with Crippen molar-refractivity contribution in [3.05, 3.63) is 77.4 Å². The molecule has 5 nitrogen and oxygen atoms in total. The summed E-state index contributed by atoms with van der Waals surface area (Å²) >= 11 is 6.00. The van der Waals surface area contributed by atoms with Crippen LogP contribution in [0.4, 0.5) is 0 Å². The molecule has 0 saturated carbocycles. The molecular formula is C21H16ClN3O2. The van der Waals surface area contributed by atoms with Crippen LogP contribution in [-0.4, -0.2) is 27.2 Å². The van der Waals surface area contributed by atoms with E-state index in [1.54, 1.807) is 17.5 Å². The third-order valence-corrected chi connectivity index (χ3v) is 4.37. The lowest BCUT2D eigenvalue weighted by atomic mass is 10.1. The maximum atomic E-state index is 12.1. The molecule has 0 fully saturated rings. The van der Waals surface area contributed by atoms with Crippen LogP contribution in [0.1, 0.15) is 17.4 Å². The predicted octanol–water partition coefficient (Wildman–Crippen LogP) is 4.89. The average Bonchev–Trinajstić information content (AvgIpc) is 3.13. The molecule has 0 saturated heterocycles. The molecule has 0 amide bonds. The molecule has 0 bridgehead atoms. The Labute approximate surface area is 161 Å². The molecule has 0 aliphatic carbocycles. The Kier molecular flexibility index (Phi) is 4.60. The van der Waals surface area contributed by atoms with Gasteiger partial charge in [0.2, 0.25) is 0 Å². The standard InChI is InChI=1S/C21H16ClN3O2/c1-2-27-21(26)18-13-20-23-17(14-8-10-16(22)11-9-14)12-19(25(20)24-18)15-6-4-3-5-7-15/h3-13H,2H2,1H3.